The van der Waals surface area contributed by atoms with Crippen LogP contribution in [0.2, 0.25) is 0 Å². The number of aromatic amines is 2. The minimum absolute atomic E-state index is 0.0704. The zero-order valence-electron chi connectivity index (χ0n) is 24.2. The van der Waals surface area contributed by atoms with Crippen LogP contribution in [0.15, 0.2) is 74.1 Å². The molecule has 2 aromatic carbocycles. The molecule has 2 heterocycles. The number of hydrogen-bond acceptors (Lipinski definition) is 4. The summed E-state index contributed by atoms with van der Waals surface area (Å²) in [5.74, 6) is 0.205. The fourth-order valence-electron chi connectivity index (χ4n) is 4.55. The number of aromatic nitrogens is 2. The summed E-state index contributed by atoms with van der Waals surface area (Å²) in [6.07, 6.45) is -1.98. The summed E-state index contributed by atoms with van der Waals surface area (Å²) >= 11 is 0. The summed E-state index contributed by atoms with van der Waals surface area (Å²) in [5, 5.41) is 20.9. The maximum absolute atomic E-state index is 12.7. The molecule has 236 valence electrons. The number of nitrogens with zero attached hydrogens (tertiary/aromatic N) is 2. The number of phenols is 2. The summed E-state index contributed by atoms with van der Waals surface area (Å²) in [5.41, 5.74) is 2.95. The van der Waals surface area contributed by atoms with Crippen LogP contribution in [0, 0.1) is 0 Å². The molecule has 0 amide bonds. The molecule has 0 spiro atoms. The molecule has 0 atom stereocenters. The zero-order chi connectivity index (χ0) is 32.2. The van der Waals surface area contributed by atoms with Gasteiger partial charge in [0.2, 0.25) is 0 Å². The first-order valence-electron chi connectivity index (χ1n) is 13.7. The molecule has 4 rings (SSSR count). The van der Waals surface area contributed by atoms with Crippen LogP contribution in [-0.2, 0) is 12.8 Å². The van der Waals surface area contributed by atoms with Crippen molar-refractivity contribution in [3.63, 3.8) is 0 Å². The summed E-state index contributed by atoms with van der Waals surface area (Å²) in [6.45, 7) is 9.84. The number of aromatic hydroxyl groups is 2. The number of rotatable bonds is 11. The average molecular weight is 613 g/mol. The highest BCUT2D eigenvalue weighted by molar-refractivity contribution is 5.89. The van der Waals surface area contributed by atoms with Crippen molar-refractivity contribution in [1.29, 1.82) is 0 Å². The van der Waals surface area contributed by atoms with Gasteiger partial charge in [-0.3, -0.25) is 4.90 Å². The van der Waals surface area contributed by atoms with Crippen molar-refractivity contribution in [2.24, 2.45) is 0 Å². The molecular weight excluding hydrogens is 574 g/mol. The highest BCUT2D eigenvalue weighted by atomic mass is 19.4. The summed E-state index contributed by atoms with van der Waals surface area (Å²) in [4.78, 5) is 7.63. The number of fused-ring (bicyclic) bond motifs is 2. The lowest BCUT2D eigenvalue weighted by Crippen LogP contribution is -2.39. The first kappa shape index (κ1) is 35.3. The Bertz CT molecular complexity index is 1440. The van der Waals surface area contributed by atoms with Crippen molar-refractivity contribution < 1.29 is 36.6 Å². The van der Waals surface area contributed by atoms with E-state index in [0.29, 0.717) is 33.2 Å². The van der Waals surface area contributed by atoms with Crippen LogP contribution in [0.3, 0.4) is 0 Å². The Labute approximate surface area is 246 Å². The third-order valence-corrected chi connectivity index (χ3v) is 6.38. The minimum atomic E-state index is -4.39. The fraction of sp³-hybridized carbons (Fsp3) is 0.355. The molecule has 0 aliphatic rings. The van der Waals surface area contributed by atoms with Gasteiger partial charge in [0.25, 0.3) is 0 Å². The van der Waals surface area contributed by atoms with Crippen LogP contribution in [0.4, 0.5) is 26.3 Å². The third kappa shape index (κ3) is 10.4. The molecule has 0 bridgehead atoms. The van der Waals surface area contributed by atoms with Gasteiger partial charge in [0.15, 0.2) is 0 Å². The molecule has 0 saturated heterocycles. The second-order valence-electron chi connectivity index (χ2n) is 9.37. The van der Waals surface area contributed by atoms with Gasteiger partial charge in [-0.25, -0.2) is 4.90 Å². The van der Waals surface area contributed by atoms with Gasteiger partial charge in [0.05, 0.1) is 6.54 Å². The van der Waals surface area contributed by atoms with E-state index < -0.39 is 19.0 Å². The highest BCUT2D eigenvalue weighted by Gasteiger charge is 2.36. The van der Waals surface area contributed by atoms with Crippen LogP contribution in [0.25, 0.3) is 21.8 Å². The van der Waals surface area contributed by atoms with E-state index in [1.54, 1.807) is 36.7 Å². The number of hydrogen-bond donors (Lipinski definition) is 4. The van der Waals surface area contributed by atoms with E-state index in [9.17, 15) is 36.6 Å². The summed E-state index contributed by atoms with van der Waals surface area (Å²) in [7, 11) is 0. The minimum Gasteiger partial charge on any atom is -0.507 e. The van der Waals surface area contributed by atoms with Crippen LogP contribution in [0.5, 0.6) is 11.5 Å². The van der Waals surface area contributed by atoms with E-state index in [-0.39, 0.29) is 44.1 Å². The molecule has 43 heavy (non-hydrogen) atoms. The van der Waals surface area contributed by atoms with Gasteiger partial charge in [0.1, 0.15) is 11.5 Å². The van der Waals surface area contributed by atoms with Crippen molar-refractivity contribution in [3.8, 4) is 11.5 Å². The zero-order valence-corrected chi connectivity index (χ0v) is 24.2. The summed E-state index contributed by atoms with van der Waals surface area (Å²) < 4.78 is 75.7. The number of alkyl halides is 6. The quantitative estimate of drug-likeness (QED) is 0.0789. The largest absolute Gasteiger partial charge is 0.507 e. The third-order valence-electron chi connectivity index (χ3n) is 6.38. The van der Waals surface area contributed by atoms with Crippen LogP contribution >= 0.6 is 0 Å². The van der Waals surface area contributed by atoms with Gasteiger partial charge in [-0.15, -0.1) is 13.2 Å². The maximum atomic E-state index is 12.7. The lowest BCUT2D eigenvalue weighted by atomic mass is 10.1. The smallest absolute Gasteiger partial charge is 0.460 e. The Balaban J connectivity index is 0.000000284. The van der Waals surface area contributed by atoms with Gasteiger partial charge >= 0.3 is 12.5 Å². The van der Waals surface area contributed by atoms with Crippen LogP contribution in [-0.4, -0.2) is 75.2 Å². The van der Waals surface area contributed by atoms with Gasteiger partial charge < -0.3 is 20.2 Å². The number of phenolic OH excluding ortho intramolecular Hbond substituents is 2. The molecular formula is C31H38F6N4O2. The van der Waals surface area contributed by atoms with Crippen molar-refractivity contribution in [3.05, 3.63) is 85.2 Å². The van der Waals surface area contributed by atoms with Gasteiger partial charge in [-0.2, -0.15) is 26.3 Å². The SMILES string of the molecule is C=CCN(CCc1c[nH]c2cccc(O)c12)C(F)(F)F.C=CCN(CCc1c[nH]c2cccc(O)c12)CC(F)(F)F.CC. The monoisotopic (exact) mass is 612 g/mol. The Morgan fingerprint density at radius 3 is 1.63 bits per heavy atom. The molecule has 4 aromatic rings. The molecule has 0 aliphatic carbocycles. The predicted octanol–water partition coefficient (Wildman–Crippen LogP) is 7.92. The Kier molecular flexibility index (Phi) is 13.2. The van der Waals surface area contributed by atoms with Gasteiger partial charge in [-0.05, 0) is 48.2 Å². The van der Waals surface area contributed by atoms with Crippen LogP contribution < -0.4 is 0 Å². The lowest BCUT2D eigenvalue weighted by Gasteiger charge is -2.23. The second kappa shape index (κ2) is 16.1. The first-order valence-corrected chi connectivity index (χ1v) is 13.7. The average Bonchev–Trinajstić information content (AvgIpc) is 3.55. The molecule has 0 saturated carbocycles. The Morgan fingerprint density at radius 1 is 0.744 bits per heavy atom. The van der Waals surface area contributed by atoms with E-state index in [0.717, 1.165) is 11.1 Å². The van der Waals surface area contributed by atoms with E-state index in [2.05, 4.69) is 23.1 Å². The molecule has 2 aromatic heterocycles. The normalized spacial score (nSPS) is 11.8. The number of benzene rings is 2. The van der Waals surface area contributed by atoms with Crippen molar-refractivity contribution in [2.75, 3.05) is 32.7 Å². The molecule has 0 radical (unpaired) electrons. The maximum Gasteiger partial charge on any atom is 0.460 e. The lowest BCUT2D eigenvalue weighted by molar-refractivity contribution is -0.241. The van der Waals surface area contributed by atoms with E-state index in [4.69, 9.17) is 0 Å². The fourth-order valence-corrected chi connectivity index (χ4v) is 4.55. The van der Waals surface area contributed by atoms with E-state index >= 15 is 0 Å². The molecule has 12 heteroatoms. The molecule has 6 nitrogen and oxygen atoms in total. The van der Waals surface area contributed by atoms with E-state index in [1.165, 1.54) is 23.1 Å². The van der Waals surface area contributed by atoms with Gasteiger partial charge in [0, 0.05) is 60.4 Å². The van der Waals surface area contributed by atoms with E-state index in [1.807, 2.05) is 19.9 Å². The highest BCUT2D eigenvalue weighted by Crippen LogP contribution is 2.30. The number of nitrogens with one attached hydrogen (secondary N) is 2. The molecule has 4 N–H and O–H groups in total. The number of halogens is 6. The molecule has 0 fully saturated rings. The second-order valence-corrected chi connectivity index (χ2v) is 9.37. The predicted molar refractivity (Wildman–Crippen MR) is 159 cm³/mol. The Morgan fingerprint density at radius 2 is 1.21 bits per heavy atom. The van der Waals surface area contributed by atoms with Crippen molar-refractivity contribution in [1.82, 2.24) is 19.8 Å². The molecule has 0 unspecified atom stereocenters. The van der Waals surface area contributed by atoms with Gasteiger partial charge in [-0.1, -0.05) is 38.1 Å². The van der Waals surface area contributed by atoms with Crippen molar-refractivity contribution in [2.45, 2.75) is 39.2 Å². The van der Waals surface area contributed by atoms with Crippen LogP contribution in [0.1, 0.15) is 25.0 Å². The topological polar surface area (TPSA) is 78.5 Å². The number of H-pyrrole nitrogens is 2. The molecule has 0 aliphatic heterocycles. The Hall–Kier alpha value is -3.90. The van der Waals surface area contributed by atoms with Crippen molar-refractivity contribution >= 4 is 21.8 Å². The summed E-state index contributed by atoms with van der Waals surface area (Å²) in [6, 6.07) is 10.1. The first-order chi connectivity index (χ1) is 20.3. The standard InChI is InChI=1S/C15H17F3N2O.C14H15F3N2O.C2H6/c1-2-7-20(10-15(16,17)18)8-6-11-9-19-12-4-3-5-13(21)14(11)12;1-2-7-19(14(15,16)17)8-6-10-9-18-11-4-3-5-12(20)13(10)11;1-2/h2-5,9,19,21H,1,6-8,10H2;2-5,9,18,20H,1,6-8H2;1-2H3.